The normalized spacial score (nSPS) is 9.00. The first-order chi connectivity index (χ1) is 4.22. The molecule has 0 aromatic heterocycles. The third kappa shape index (κ3) is 4.39. The second-order valence-electron chi connectivity index (χ2n) is 1.15. The molecule has 0 aromatic rings. The maximum Gasteiger partial charge on any atom is 1.00 e. The third-order valence-corrected chi connectivity index (χ3v) is 0.596. The van der Waals surface area contributed by atoms with Gasteiger partial charge in [0.25, 0.3) is 0 Å². The van der Waals surface area contributed by atoms with Crippen LogP contribution in [0.2, 0.25) is 0 Å². The van der Waals surface area contributed by atoms with Gasteiger partial charge in [0, 0.05) is 0 Å². The number of methoxy groups -OCH3 is 1. The molecule has 0 saturated carbocycles. The van der Waals surface area contributed by atoms with Crippen LogP contribution in [0.15, 0.2) is 11.8 Å². The summed E-state index contributed by atoms with van der Waals surface area (Å²) in [6.45, 7) is 0. The molecule has 0 spiro atoms. The number of carbonyl (C=O) groups excluding carboxylic acids is 1. The molecule has 0 amide bonds. The first kappa shape index (κ1) is 12.2. The number of ether oxygens (including phenoxy) is 1. The summed E-state index contributed by atoms with van der Waals surface area (Å²) in [5.41, 5.74) is 0. The molecule has 4 nitrogen and oxygen atoms in total. The fourth-order valence-corrected chi connectivity index (χ4v) is 0.225. The van der Waals surface area contributed by atoms with Gasteiger partial charge in [0.2, 0.25) is 5.76 Å². The number of allylic oxidation sites excluding steroid dienone is 1. The Labute approximate surface area is 81.9 Å². The van der Waals surface area contributed by atoms with E-state index in [1.807, 2.05) is 0 Å². The van der Waals surface area contributed by atoms with Crippen molar-refractivity contribution >= 4 is 5.97 Å². The van der Waals surface area contributed by atoms with E-state index < -0.39 is 11.7 Å². The van der Waals surface area contributed by atoms with Crippen LogP contribution in [0.4, 0.5) is 0 Å². The molecule has 5 heteroatoms. The monoisotopic (exact) mass is 151 g/mol. The minimum atomic E-state index is -0.906. The van der Waals surface area contributed by atoms with Crippen molar-refractivity contribution in [1.82, 2.24) is 0 Å². The average molecular weight is 151 g/mol. The molecule has 0 aliphatic carbocycles. The predicted molar refractivity (Wildman–Crippen MR) is 29.5 cm³/mol. The first-order valence-corrected chi connectivity index (χ1v) is 2.09. The van der Waals surface area contributed by atoms with Crippen LogP contribution in [0.1, 0.15) is 1.43 Å². The zero-order valence-corrected chi connectivity index (χ0v) is 7.79. The minimum Gasteiger partial charge on any atom is -1.00 e. The molecule has 10 heavy (non-hydrogen) atoms. The van der Waals surface area contributed by atoms with Crippen LogP contribution in [-0.4, -0.2) is 18.2 Å². The molecule has 0 rings (SSSR count). The Morgan fingerprint density at radius 2 is 2.40 bits per heavy atom. The number of carbonyl (C=O) groups is 1. The van der Waals surface area contributed by atoms with E-state index >= 15 is 0 Å². The Hall–Kier alpha value is -0.500. The second-order valence-corrected chi connectivity index (χ2v) is 1.15. The Kier molecular flexibility index (Phi) is 8.07. The Morgan fingerprint density at radius 1 is 1.90 bits per heavy atom. The van der Waals surface area contributed by atoms with Gasteiger partial charge in [0.1, 0.15) is 0 Å². The van der Waals surface area contributed by atoms with Gasteiger partial charge in [-0.1, -0.05) is 0 Å². The Bertz CT molecular complexity index is 187. The van der Waals surface area contributed by atoms with Gasteiger partial charge in [0.15, 0.2) is 0 Å². The number of hydrogen-bond acceptors (Lipinski definition) is 4. The van der Waals surface area contributed by atoms with Gasteiger partial charge in [-0.05, 0) is 0 Å². The molecule has 0 aliphatic rings. The molecule has 0 fully saturated rings. The van der Waals surface area contributed by atoms with Crippen LogP contribution in [0.5, 0.6) is 0 Å². The first-order valence-electron chi connectivity index (χ1n) is 2.09. The zero-order chi connectivity index (χ0) is 7.28. The van der Waals surface area contributed by atoms with Crippen molar-refractivity contribution < 1.29 is 45.6 Å². The van der Waals surface area contributed by atoms with Gasteiger partial charge in [-0.3, -0.25) is 0 Å². The van der Waals surface area contributed by atoms with Crippen LogP contribution < -0.4 is 29.6 Å². The van der Waals surface area contributed by atoms with Crippen molar-refractivity contribution in [2.24, 2.45) is 0 Å². The summed E-state index contributed by atoms with van der Waals surface area (Å²) in [6, 6.07) is 1.47. The van der Waals surface area contributed by atoms with Crippen molar-refractivity contribution in [3.05, 3.63) is 11.8 Å². The molecule has 1 N–H and O–H groups in total. The van der Waals surface area contributed by atoms with Crippen molar-refractivity contribution in [1.29, 1.82) is 5.26 Å². The topological polar surface area (TPSA) is 70.3 Å². The van der Waals surface area contributed by atoms with E-state index in [-0.39, 0.29) is 31.0 Å². The summed E-state index contributed by atoms with van der Waals surface area (Å²) >= 11 is 0. The summed E-state index contributed by atoms with van der Waals surface area (Å²) in [7, 11) is 1.11. The molecule has 0 heterocycles. The summed E-state index contributed by atoms with van der Waals surface area (Å²) in [6.07, 6.45) is 0.700. The fraction of sp³-hybridized carbons (Fsp3) is 0.200. The van der Waals surface area contributed by atoms with E-state index in [0.29, 0.717) is 6.08 Å². The SMILES string of the molecule is COC(=O)C(O)=CC#N.[H-].[Na+]. The van der Waals surface area contributed by atoms with E-state index in [2.05, 4.69) is 4.74 Å². The van der Waals surface area contributed by atoms with Gasteiger partial charge in [-0.15, -0.1) is 0 Å². The quantitative estimate of drug-likeness (QED) is 0.145. The molecule has 0 radical (unpaired) electrons. The van der Waals surface area contributed by atoms with E-state index in [4.69, 9.17) is 10.4 Å². The number of aliphatic hydroxyl groups excluding tert-OH is 1. The van der Waals surface area contributed by atoms with Crippen LogP contribution in [0.3, 0.4) is 0 Å². The number of aliphatic hydroxyl groups is 1. The standard InChI is InChI=1S/C5H5NO3.Na.H/c1-9-5(8)4(7)2-3-6;;/h2,7H,1H3;;/q;+1;-1. The van der Waals surface area contributed by atoms with Gasteiger partial charge in [0.05, 0.1) is 19.3 Å². The predicted octanol–water partition coefficient (Wildman–Crippen LogP) is -2.76. The van der Waals surface area contributed by atoms with E-state index in [0.717, 1.165) is 7.11 Å². The molecule has 0 aliphatic heterocycles. The second kappa shape index (κ2) is 6.62. The van der Waals surface area contributed by atoms with Crippen molar-refractivity contribution in [2.75, 3.05) is 7.11 Å². The van der Waals surface area contributed by atoms with E-state index in [1.54, 1.807) is 0 Å². The Morgan fingerprint density at radius 3 is 2.70 bits per heavy atom. The zero-order valence-electron chi connectivity index (χ0n) is 6.79. The van der Waals surface area contributed by atoms with Crippen molar-refractivity contribution in [2.45, 2.75) is 0 Å². The van der Waals surface area contributed by atoms with Gasteiger partial charge >= 0.3 is 35.5 Å². The van der Waals surface area contributed by atoms with E-state index in [1.165, 1.54) is 6.07 Å². The number of nitriles is 1. The molecular weight excluding hydrogens is 145 g/mol. The molecule has 0 aromatic carbocycles. The Balaban J connectivity index is -0.000000320. The number of nitrogens with zero attached hydrogens (tertiary/aromatic N) is 1. The van der Waals surface area contributed by atoms with Crippen LogP contribution in [-0.2, 0) is 9.53 Å². The van der Waals surface area contributed by atoms with E-state index in [9.17, 15) is 4.79 Å². The number of rotatable bonds is 1. The van der Waals surface area contributed by atoms with Crippen LogP contribution in [0.25, 0.3) is 0 Å². The molecule has 0 unspecified atom stereocenters. The van der Waals surface area contributed by atoms with Crippen LogP contribution in [0, 0.1) is 11.3 Å². The number of hydrogen-bond donors (Lipinski definition) is 1. The number of esters is 1. The summed E-state index contributed by atoms with van der Waals surface area (Å²) < 4.78 is 4.06. The molecular formula is C5H6NNaO3. The molecule has 0 bridgehead atoms. The van der Waals surface area contributed by atoms with Crippen LogP contribution >= 0.6 is 0 Å². The van der Waals surface area contributed by atoms with Gasteiger partial charge < -0.3 is 11.3 Å². The average Bonchev–Trinajstić information content (AvgIpc) is 1.87. The molecule has 0 saturated heterocycles. The fourth-order valence-electron chi connectivity index (χ4n) is 0.225. The van der Waals surface area contributed by atoms with Crippen molar-refractivity contribution in [3.63, 3.8) is 0 Å². The van der Waals surface area contributed by atoms with Gasteiger partial charge in [-0.25, -0.2) is 4.79 Å². The molecule has 50 valence electrons. The molecule has 0 atom stereocenters. The third-order valence-electron chi connectivity index (χ3n) is 0.596. The smallest absolute Gasteiger partial charge is 1.00 e. The largest absolute Gasteiger partial charge is 1.00 e. The minimum absolute atomic E-state index is 0. The van der Waals surface area contributed by atoms with Gasteiger partial charge in [-0.2, -0.15) is 5.26 Å². The maximum atomic E-state index is 10.2. The summed E-state index contributed by atoms with van der Waals surface area (Å²) in [5.74, 6) is -1.59. The maximum absolute atomic E-state index is 10.2. The van der Waals surface area contributed by atoms with Crippen molar-refractivity contribution in [3.8, 4) is 6.07 Å². The summed E-state index contributed by atoms with van der Waals surface area (Å²) in [4.78, 5) is 10.2. The summed E-state index contributed by atoms with van der Waals surface area (Å²) in [5, 5.41) is 16.4.